The van der Waals surface area contributed by atoms with Crippen molar-refractivity contribution >= 4 is 5.97 Å². The van der Waals surface area contributed by atoms with Crippen molar-refractivity contribution in [1.29, 1.82) is 0 Å². The molecule has 2 aliphatic rings. The number of nitrogens with one attached hydrogen (secondary N) is 1. The van der Waals surface area contributed by atoms with E-state index < -0.39 is 12.0 Å². The molecule has 1 heterocycles. The van der Waals surface area contributed by atoms with Crippen LogP contribution in [-0.4, -0.2) is 71.7 Å². The van der Waals surface area contributed by atoms with Gasteiger partial charge in [0.05, 0.1) is 0 Å². The van der Waals surface area contributed by atoms with Crippen molar-refractivity contribution in [3.8, 4) is 0 Å². The molecule has 0 aromatic heterocycles. The first kappa shape index (κ1) is 14.8. The molecule has 1 aliphatic heterocycles. The van der Waals surface area contributed by atoms with Crippen molar-refractivity contribution in [1.82, 2.24) is 15.1 Å². The standard InChI is InChI=1S/C14H27N3O2/c1-11(2)15-13(14(18)19)5-6-16-7-9-17(10-8-16)12-3-4-12/h11-13,15H,3-10H2,1-2H3,(H,18,19). The summed E-state index contributed by atoms with van der Waals surface area (Å²) in [6.45, 7) is 9.35. The highest BCUT2D eigenvalue weighted by Gasteiger charge is 2.31. The maximum atomic E-state index is 11.2. The molecule has 2 N–H and O–H groups in total. The van der Waals surface area contributed by atoms with Crippen LogP contribution in [0.25, 0.3) is 0 Å². The Kier molecular flexibility index (Phi) is 5.19. The van der Waals surface area contributed by atoms with Crippen LogP contribution in [0.4, 0.5) is 0 Å². The van der Waals surface area contributed by atoms with E-state index in [0.29, 0.717) is 6.42 Å². The molecule has 1 aliphatic carbocycles. The van der Waals surface area contributed by atoms with Crippen molar-refractivity contribution < 1.29 is 9.90 Å². The van der Waals surface area contributed by atoms with Gasteiger partial charge in [-0.05, 0) is 19.3 Å². The average molecular weight is 269 g/mol. The Balaban J connectivity index is 1.67. The normalized spacial score (nSPS) is 23.7. The fourth-order valence-corrected chi connectivity index (χ4v) is 2.78. The molecule has 110 valence electrons. The third-order valence-corrected chi connectivity index (χ3v) is 4.04. The van der Waals surface area contributed by atoms with E-state index >= 15 is 0 Å². The second kappa shape index (κ2) is 6.68. The van der Waals surface area contributed by atoms with Crippen LogP contribution >= 0.6 is 0 Å². The van der Waals surface area contributed by atoms with Gasteiger partial charge in [0.1, 0.15) is 6.04 Å². The molecular formula is C14H27N3O2. The summed E-state index contributed by atoms with van der Waals surface area (Å²) in [4.78, 5) is 16.1. The minimum atomic E-state index is -0.731. The minimum absolute atomic E-state index is 0.216. The molecule has 1 saturated heterocycles. The van der Waals surface area contributed by atoms with Crippen molar-refractivity contribution in [3.63, 3.8) is 0 Å². The number of carbonyl (C=O) groups is 1. The molecule has 0 amide bonds. The van der Waals surface area contributed by atoms with Gasteiger partial charge in [-0.25, -0.2) is 0 Å². The molecule has 19 heavy (non-hydrogen) atoms. The fraction of sp³-hybridized carbons (Fsp3) is 0.929. The van der Waals surface area contributed by atoms with E-state index in [9.17, 15) is 9.90 Å². The van der Waals surface area contributed by atoms with E-state index in [0.717, 1.165) is 38.8 Å². The lowest BCUT2D eigenvalue weighted by molar-refractivity contribution is -0.140. The molecule has 0 aromatic carbocycles. The van der Waals surface area contributed by atoms with Crippen LogP contribution in [0.5, 0.6) is 0 Å². The Bertz CT molecular complexity index is 297. The topological polar surface area (TPSA) is 55.8 Å². The van der Waals surface area contributed by atoms with Gasteiger partial charge in [0, 0.05) is 44.8 Å². The summed E-state index contributed by atoms with van der Waals surface area (Å²) >= 11 is 0. The highest BCUT2D eigenvalue weighted by atomic mass is 16.4. The molecule has 0 aromatic rings. The highest BCUT2D eigenvalue weighted by Crippen LogP contribution is 2.27. The number of hydrogen-bond acceptors (Lipinski definition) is 4. The van der Waals surface area contributed by atoms with Crippen LogP contribution in [0.3, 0.4) is 0 Å². The quantitative estimate of drug-likeness (QED) is 0.709. The second-order valence-corrected chi connectivity index (χ2v) is 6.11. The van der Waals surface area contributed by atoms with Crippen LogP contribution in [-0.2, 0) is 4.79 Å². The van der Waals surface area contributed by atoms with Crippen molar-refractivity contribution in [3.05, 3.63) is 0 Å². The number of piperazine rings is 1. The second-order valence-electron chi connectivity index (χ2n) is 6.11. The van der Waals surface area contributed by atoms with Gasteiger partial charge in [-0.3, -0.25) is 9.69 Å². The molecule has 5 nitrogen and oxygen atoms in total. The highest BCUT2D eigenvalue weighted by molar-refractivity contribution is 5.73. The third-order valence-electron chi connectivity index (χ3n) is 4.04. The summed E-state index contributed by atoms with van der Waals surface area (Å²) in [6.07, 6.45) is 3.44. The van der Waals surface area contributed by atoms with E-state index in [1.807, 2.05) is 13.8 Å². The molecule has 2 fully saturated rings. The van der Waals surface area contributed by atoms with Crippen molar-refractivity contribution in [2.45, 2.75) is 51.2 Å². The number of aliphatic carboxylic acids is 1. The van der Waals surface area contributed by atoms with E-state index in [1.165, 1.54) is 12.8 Å². The lowest BCUT2D eigenvalue weighted by atomic mass is 10.1. The fourth-order valence-electron chi connectivity index (χ4n) is 2.78. The zero-order valence-electron chi connectivity index (χ0n) is 12.1. The number of hydrogen-bond donors (Lipinski definition) is 2. The van der Waals surface area contributed by atoms with Crippen LogP contribution in [0.2, 0.25) is 0 Å². The molecule has 0 radical (unpaired) electrons. The van der Waals surface area contributed by atoms with Gasteiger partial charge >= 0.3 is 5.97 Å². The molecular weight excluding hydrogens is 242 g/mol. The summed E-state index contributed by atoms with van der Waals surface area (Å²) < 4.78 is 0. The number of rotatable bonds is 7. The number of carboxylic acid groups (broad SMARTS) is 1. The maximum absolute atomic E-state index is 11.2. The van der Waals surface area contributed by atoms with Gasteiger partial charge in [0.2, 0.25) is 0 Å². The van der Waals surface area contributed by atoms with E-state index in [4.69, 9.17) is 0 Å². The van der Waals surface area contributed by atoms with Crippen LogP contribution < -0.4 is 5.32 Å². The van der Waals surface area contributed by atoms with E-state index in [-0.39, 0.29) is 6.04 Å². The predicted octanol–water partition coefficient (Wildman–Crippen LogP) is 0.608. The lowest BCUT2D eigenvalue weighted by Crippen LogP contribution is -2.49. The van der Waals surface area contributed by atoms with Crippen LogP contribution in [0.15, 0.2) is 0 Å². The summed E-state index contributed by atoms with van der Waals surface area (Å²) in [5.74, 6) is -0.731. The molecule has 1 atom stereocenters. The molecule has 0 bridgehead atoms. The molecule has 2 rings (SSSR count). The van der Waals surface area contributed by atoms with Gasteiger partial charge in [0.25, 0.3) is 0 Å². The van der Waals surface area contributed by atoms with Crippen molar-refractivity contribution in [2.24, 2.45) is 0 Å². The van der Waals surface area contributed by atoms with Crippen molar-refractivity contribution in [2.75, 3.05) is 32.7 Å². The first-order valence-corrected chi connectivity index (χ1v) is 7.51. The predicted molar refractivity (Wildman–Crippen MR) is 75.3 cm³/mol. The summed E-state index contributed by atoms with van der Waals surface area (Å²) in [5.41, 5.74) is 0. The number of carboxylic acids is 1. The molecule has 1 saturated carbocycles. The summed E-state index contributed by atoms with van der Waals surface area (Å²) in [7, 11) is 0. The SMILES string of the molecule is CC(C)NC(CCN1CCN(C2CC2)CC1)C(=O)O. The van der Waals surface area contributed by atoms with E-state index in [1.54, 1.807) is 0 Å². The van der Waals surface area contributed by atoms with Crippen LogP contribution in [0, 0.1) is 0 Å². The zero-order valence-corrected chi connectivity index (χ0v) is 12.1. The molecule has 5 heteroatoms. The van der Waals surface area contributed by atoms with Gasteiger partial charge in [-0.2, -0.15) is 0 Å². The van der Waals surface area contributed by atoms with Gasteiger partial charge in [-0.1, -0.05) is 13.8 Å². The van der Waals surface area contributed by atoms with Crippen LogP contribution in [0.1, 0.15) is 33.1 Å². The number of nitrogens with zero attached hydrogens (tertiary/aromatic N) is 2. The first-order valence-electron chi connectivity index (χ1n) is 7.51. The largest absolute Gasteiger partial charge is 0.480 e. The monoisotopic (exact) mass is 269 g/mol. The minimum Gasteiger partial charge on any atom is -0.480 e. The maximum Gasteiger partial charge on any atom is 0.320 e. The van der Waals surface area contributed by atoms with E-state index in [2.05, 4.69) is 15.1 Å². The Labute approximate surface area is 115 Å². The lowest BCUT2D eigenvalue weighted by Gasteiger charge is -2.35. The zero-order chi connectivity index (χ0) is 13.8. The Morgan fingerprint density at radius 2 is 1.89 bits per heavy atom. The Hall–Kier alpha value is -0.650. The molecule has 1 unspecified atom stereocenters. The third kappa shape index (κ3) is 4.75. The first-order chi connectivity index (χ1) is 9.06. The smallest absolute Gasteiger partial charge is 0.320 e. The Morgan fingerprint density at radius 3 is 2.37 bits per heavy atom. The van der Waals surface area contributed by atoms with Gasteiger partial charge in [0.15, 0.2) is 0 Å². The average Bonchev–Trinajstić information content (AvgIpc) is 3.18. The Morgan fingerprint density at radius 1 is 1.26 bits per heavy atom. The summed E-state index contributed by atoms with van der Waals surface area (Å²) in [6, 6.07) is 0.658. The van der Waals surface area contributed by atoms with Gasteiger partial charge in [-0.15, -0.1) is 0 Å². The molecule has 0 spiro atoms. The van der Waals surface area contributed by atoms with Gasteiger partial charge < -0.3 is 15.3 Å². The summed E-state index contributed by atoms with van der Waals surface area (Å²) in [5, 5.41) is 12.3.